The lowest BCUT2D eigenvalue weighted by Crippen LogP contribution is -2.18. The fourth-order valence-corrected chi connectivity index (χ4v) is 1.18. The summed E-state index contributed by atoms with van der Waals surface area (Å²) >= 11 is 0. The zero-order valence-corrected chi connectivity index (χ0v) is 5.24. The van der Waals surface area contributed by atoms with E-state index in [1.165, 1.54) is 4.57 Å². The van der Waals surface area contributed by atoms with Crippen LogP contribution in [0.1, 0.15) is 5.82 Å². The maximum absolute atomic E-state index is 10.8. The Balaban J connectivity index is 2.53. The fraction of sp³-hybridized carbons (Fsp3) is 0.600. The zero-order chi connectivity index (χ0) is 7.14. The molecule has 5 heteroatoms. The van der Waals surface area contributed by atoms with Crippen molar-refractivity contribution in [2.75, 3.05) is 0 Å². The van der Waals surface area contributed by atoms with Crippen molar-refractivity contribution >= 4 is 0 Å². The minimum Gasteiger partial charge on any atom is -0.391 e. The first kappa shape index (κ1) is 5.67. The molecule has 0 fully saturated rings. The van der Waals surface area contributed by atoms with Crippen molar-refractivity contribution in [1.82, 2.24) is 14.8 Å². The van der Waals surface area contributed by atoms with E-state index in [-0.39, 0.29) is 5.69 Å². The van der Waals surface area contributed by atoms with Crippen molar-refractivity contribution in [3.8, 4) is 0 Å². The molecule has 2 N–H and O–H groups in total. The van der Waals surface area contributed by atoms with Crippen LogP contribution in [0.4, 0.5) is 0 Å². The topological polar surface area (TPSA) is 70.9 Å². The van der Waals surface area contributed by atoms with E-state index in [1.54, 1.807) is 0 Å². The van der Waals surface area contributed by atoms with Gasteiger partial charge in [-0.1, -0.05) is 0 Å². The number of aromatic nitrogens is 3. The summed E-state index contributed by atoms with van der Waals surface area (Å²) in [5, 5.41) is 15.1. The van der Waals surface area contributed by atoms with E-state index in [9.17, 15) is 4.79 Å². The van der Waals surface area contributed by atoms with E-state index in [0.717, 1.165) is 0 Å². The molecular weight excluding hydrogens is 134 g/mol. The summed E-state index contributed by atoms with van der Waals surface area (Å²) in [5.74, 6) is 0.650. The van der Waals surface area contributed by atoms with Crippen LogP contribution in [0.15, 0.2) is 4.79 Å². The summed E-state index contributed by atoms with van der Waals surface area (Å²) in [6, 6.07) is 0. The van der Waals surface area contributed by atoms with Crippen LogP contribution in [-0.4, -0.2) is 26.0 Å². The normalized spacial score (nSPS) is 23.1. The number of fused-ring (bicyclic) bond motifs is 1. The molecule has 54 valence electrons. The van der Waals surface area contributed by atoms with Gasteiger partial charge >= 0.3 is 5.69 Å². The van der Waals surface area contributed by atoms with Crippen LogP contribution >= 0.6 is 0 Å². The first-order valence-corrected chi connectivity index (χ1v) is 3.09. The van der Waals surface area contributed by atoms with E-state index < -0.39 is 6.10 Å². The highest BCUT2D eigenvalue weighted by molar-refractivity contribution is 4.95. The van der Waals surface area contributed by atoms with Gasteiger partial charge in [0.15, 0.2) is 0 Å². The Kier molecular flexibility index (Phi) is 0.960. The lowest BCUT2D eigenvalue weighted by atomic mass is 10.3. The number of aromatic amines is 1. The monoisotopic (exact) mass is 141 g/mol. The van der Waals surface area contributed by atoms with Crippen molar-refractivity contribution in [1.29, 1.82) is 0 Å². The molecule has 0 bridgehead atoms. The van der Waals surface area contributed by atoms with E-state index in [2.05, 4.69) is 10.2 Å². The van der Waals surface area contributed by atoms with Gasteiger partial charge in [-0.05, 0) is 0 Å². The minimum absolute atomic E-state index is 0.230. The van der Waals surface area contributed by atoms with E-state index in [4.69, 9.17) is 5.11 Å². The molecule has 2 rings (SSSR count). The number of rotatable bonds is 0. The third-order valence-corrected chi connectivity index (χ3v) is 1.65. The molecule has 0 spiro atoms. The van der Waals surface area contributed by atoms with Gasteiger partial charge in [0, 0.05) is 6.42 Å². The molecule has 0 aliphatic carbocycles. The first-order valence-electron chi connectivity index (χ1n) is 3.09. The summed E-state index contributed by atoms with van der Waals surface area (Å²) < 4.78 is 1.45. The molecule has 2 heterocycles. The van der Waals surface area contributed by atoms with Crippen molar-refractivity contribution in [2.45, 2.75) is 19.1 Å². The Morgan fingerprint density at radius 1 is 1.80 bits per heavy atom. The van der Waals surface area contributed by atoms with Crippen LogP contribution in [0.2, 0.25) is 0 Å². The van der Waals surface area contributed by atoms with Gasteiger partial charge in [0.05, 0.1) is 12.6 Å². The van der Waals surface area contributed by atoms with Gasteiger partial charge in [-0.25, -0.2) is 9.89 Å². The van der Waals surface area contributed by atoms with Gasteiger partial charge in [-0.15, -0.1) is 0 Å². The average Bonchev–Trinajstić information content (AvgIpc) is 2.35. The Morgan fingerprint density at radius 2 is 2.60 bits per heavy atom. The Labute approximate surface area is 56.3 Å². The highest BCUT2D eigenvalue weighted by Crippen LogP contribution is 2.07. The lowest BCUT2D eigenvalue weighted by molar-refractivity contribution is 0.174. The molecule has 1 atom stereocenters. The van der Waals surface area contributed by atoms with Gasteiger partial charge in [-0.3, -0.25) is 4.57 Å². The maximum Gasteiger partial charge on any atom is 0.343 e. The quantitative estimate of drug-likeness (QED) is 0.461. The van der Waals surface area contributed by atoms with Crippen molar-refractivity contribution < 1.29 is 5.11 Å². The molecule has 5 nitrogen and oxygen atoms in total. The second-order valence-corrected chi connectivity index (χ2v) is 2.41. The molecule has 0 saturated carbocycles. The van der Waals surface area contributed by atoms with E-state index >= 15 is 0 Å². The number of hydrogen-bond acceptors (Lipinski definition) is 3. The standard InChI is InChI=1S/C5H7N3O2/c9-3-1-4-6-7-5(10)8(4)2-3/h3,9H,1-2H2,(H,7,10). The number of nitrogens with one attached hydrogen (secondary N) is 1. The van der Waals surface area contributed by atoms with Crippen LogP contribution in [0.3, 0.4) is 0 Å². The number of hydrogen-bond donors (Lipinski definition) is 2. The van der Waals surface area contributed by atoms with Crippen molar-refractivity contribution in [2.24, 2.45) is 0 Å². The van der Waals surface area contributed by atoms with Crippen LogP contribution in [-0.2, 0) is 13.0 Å². The van der Waals surface area contributed by atoms with Gasteiger partial charge < -0.3 is 5.11 Å². The van der Waals surface area contributed by atoms with Gasteiger partial charge in [-0.2, -0.15) is 5.10 Å². The number of aliphatic hydroxyl groups is 1. The molecule has 0 aromatic carbocycles. The molecule has 0 saturated heterocycles. The molecule has 1 aromatic heterocycles. The summed E-state index contributed by atoms with van der Waals surface area (Å²) in [6.45, 7) is 0.380. The van der Waals surface area contributed by atoms with Gasteiger partial charge in [0.1, 0.15) is 5.82 Å². The predicted molar refractivity (Wildman–Crippen MR) is 32.6 cm³/mol. The van der Waals surface area contributed by atoms with Gasteiger partial charge in [0.25, 0.3) is 0 Å². The largest absolute Gasteiger partial charge is 0.391 e. The Bertz CT molecular complexity index is 300. The molecule has 1 aliphatic rings. The highest BCUT2D eigenvalue weighted by Gasteiger charge is 2.21. The first-order chi connectivity index (χ1) is 4.77. The zero-order valence-electron chi connectivity index (χ0n) is 5.24. The number of H-pyrrole nitrogens is 1. The van der Waals surface area contributed by atoms with Crippen molar-refractivity contribution in [3.63, 3.8) is 0 Å². The number of nitrogens with zero attached hydrogens (tertiary/aromatic N) is 2. The molecule has 1 aliphatic heterocycles. The second kappa shape index (κ2) is 1.69. The molecule has 0 amide bonds. The summed E-state index contributed by atoms with van der Waals surface area (Å²) in [6.07, 6.45) is 0.0587. The molecular formula is C5H7N3O2. The molecule has 1 aromatic rings. The Morgan fingerprint density at radius 3 is 3.30 bits per heavy atom. The minimum atomic E-state index is -0.426. The third kappa shape index (κ3) is 0.607. The van der Waals surface area contributed by atoms with Crippen LogP contribution < -0.4 is 5.69 Å². The van der Waals surface area contributed by atoms with Crippen LogP contribution in [0.25, 0.3) is 0 Å². The summed E-state index contributed by atoms with van der Waals surface area (Å²) in [5.41, 5.74) is -0.230. The Hall–Kier alpha value is -1.10. The second-order valence-electron chi connectivity index (χ2n) is 2.41. The average molecular weight is 141 g/mol. The van der Waals surface area contributed by atoms with E-state index in [0.29, 0.717) is 18.8 Å². The van der Waals surface area contributed by atoms with E-state index in [1.807, 2.05) is 0 Å². The maximum atomic E-state index is 10.8. The fourth-order valence-electron chi connectivity index (χ4n) is 1.18. The van der Waals surface area contributed by atoms with Crippen LogP contribution in [0.5, 0.6) is 0 Å². The van der Waals surface area contributed by atoms with Crippen molar-refractivity contribution in [3.05, 3.63) is 16.3 Å². The number of aliphatic hydroxyl groups excluding tert-OH is 1. The lowest BCUT2D eigenvalue weighted by Gasteiger charge is -1.93. The molecule has 0 radical (unpaired) electrons. The predicted octanol–water partition coefficient (Wildman–Crippen LogP) is -1.51. The SMILES string of the molecule is O=c1[nH]nc2n1CC(O)C2. The molecule has 10 heavy (non-hydrogen) atoms. The summed E-state index contributed by atoms with van der Waals surface area (Å²) in [7, 11) is 0. The summed E-state index contributed by atoms with van der Waals surface area (Å²) in [4.78, 5) is 10.8. The molecule has 1 unspecified atom stereocenters. The highest BCUT2D eigenvalue weighted by atomic mass is 16.3. The van der Waals surface area contributed by atoms with Gasteiger partial charge in [0.2, 0.25) is 0 Å². The third-order valence-electron chi connectivity index (χ3n) is 1.65. The van der Waals surface area contributed by atoms with Crippen LogP contribution in [0, 0.1) is 0 Å². The smallest absolute Gasteiger partial charge is 0.343 e.